The van der Waals surface area contributed by atoms with E-state index in [1.807, 2.05) is 26.0 Å². The average Bonchev–Trinajstić information content (AvgIpc) is 2.74. The zero-order valence-corrected chi connectivity index (χ0v) is 21.8. The standard InChI is InChI=1S/C25H39N3O7/c1-8-34-20(30)11-12-26-22(31)21(19-15-16(2)9-10-17(19)3)28(13-14-29)23(32)18(4)27-24(33)35-25(5,6)7/h9-10,15,18,21,29H,8,11-14H2,1-7H3,(H,26,31)(H,27,33). The Morgan fingerprint density at radius 2 is 1.80 bits per heavy atom. The van der Waals surface area contributed by atoms with E-state index in [1.165, 1.54) is 11.8 Å². The monoisotopic (exact) mass is 493 g/mol. The van der Waals surface area contributed by atoms with Gasteiger partial charge in [-0.2, -0.15) is 0 Å². The van der Waals surface area contributed by atoms with Crippen molar-refractivity contribution in [3.8, 4) is 0 Å². The van der Waals surface area contributed by atoms with Gasteiger partial charge in [0.15, 0.2) is 0 Å². The minimum absolute atomic E-state index is 0.0197. The minimum atomic E-state index is -1.10. The molecule has 1 aromatic carbocycles. The fraction of sp³-hybridized carbons (Fsp3) is 0.600. The Hall–Kier alpha value is -3.14. The highest BCUT2D eigenvalue weighted by Crippen LogP contribution is 2.26. The Morgan fingerprint density at radius 3 is 2.37 bits per heavy atom. The van der Waals surface area contributed by atoms with Gasteiger partial charge in [0.1, 0.15) is 17.7 Å². The van der Waals surface area contributed by atoms with Crippen molar-refractivity contribution in [1.82, 2.24) is 15.5 Å². The first-order valence-corrected chi connectivity index (χ1v) is 11.7. The largest absolute Gasteiger partial charge is 0.466 e. The first-order chi connectivity index (χ1) is 16.3. The summed E-state index contributed by atoms with van der Waals surface area (Å²) in [5, 5.41) is 14.9. The molecule has 3 N–H and O–H groups in total. The van der Waals surface area contributed by atoms with Crippen molar-refractivity contribution >= 4 is 23.9 Å². The summed E-state index contributed by atoms with van der Waals surface area (Å²) in [4.78, 5) is 51.9. The second kappa shape index (κ2) is 13.7. The van der Waals surface area contributed by atoms with Crippen molar-refractivity contribution in [2.45, 2.75) is 72.6 Å². The number of aliphatic hydroxyl groups excluding tert-OH is 1. The molecule has 0 aliphatic heterocycles. The summed E-state index contributed by atoms with van der Waals surface area (Å²) in [6, 6.07) is 3.40. The summed E-state index contributed by atoms with van der Waals surface area (Å²) in [5.74, 6) is -1.54. The molecule has 2 unspecified atom stereocenters. The number of nitrogens with zero attached hydrogens (tertiary/aromatic N) is 1. The molecule has 10 heteroatoms. The average molecular weight is 494 g/mol. The molecule has 10 nitrogen and oxygen atoms in total. The summed E-state index contributed by atoms with van der Waals surface area (Å²) < 4.78 is 10.1. The number of rotatable bonds is 11. The van der Waals surface area contributed by atoms with Crippen LogP contribution < -0.4 is 10.6 Å². The number of carbonyl (C=O) groups is 4. The Balaban J connectivity index is 3.25. The predicted molar refractivity (Wildman–Crippen MR) is 131 cm³/mol. The van der Waals surface area contributed by atoms with Crippen molar-refractivity contribution in [2.24, 2.45) is 0 Å². The van der Waals surface area contributed by atoms with Crippen LogP contribution in [0.15, 0.2) is 18.2 Å². The summed E-state index contributed by atoms with van der Waals surface area (Å²) in [6.07, 6.45) is -0.798. The number of aliphatic hydroxyl groups is 1. The molecular weight excluding hydrogens is 454 g/mol. The fourth-order valence-electron chi connectivity index (χ4n) is 3.39. The third-order valence-corrected chi connectivity index (χ3v) is 4.95. The maximum atomic E-state index is 13.4. The quantitative estimate of drug-likeness (QED) is 0.402. The Morgan fingerprint density at radius 1 is 1.14 bits per heavy atom. The summed E-state index contributed by atoms with van der Waals surface area (Å²) >= 11 is 0. The Labute approximate surface area is 207 Å². The number of amides is 3. The SMILES string of the molecule is CCOC(=O)CCNC(=O)C(c1cc(C)ccc1C)N(CCO)C(=O)C(C)NC(=O)OC(C)(C)C. The van der Waals surface area contributed by atoms with E-state index in [-0.39, 0.29) is 26.1 Å². The third-order valence-electron chi connectivity index (χ3n) is 4.95. The van der Waals surface area contributed by atoms with Crippen molar-refractivity contribution in [3.05, 3.63) is 34.9 Å². The van der Waals surface area contributed by atoms with E-state index in [1.54, 1.807) is 33.8 Å². The molecule has 1 aromatic rings. The molecule has 0 saturated heterocycles. The summed E-state index contributed by atoms with van der Waals surface area (Å²) in [5.41, 5.74) is 1.47. The molecule has 3 amide bonds. The molecular formula is C25H39N3O7. The van der Waals surface area contributed by atoms with Gasteiger partial charge in [0.2, 0.25) is 11.8 Å². The third kappa shape index (κ3) is 9.94. The zero-order chi connectivity index (χ0) is 26.8. The van der Waals surface area contributed by atoms with E-state index in [9.17, 15) is 24.3 Å². The predicted octanol–water partition coefficient (Wildman–Crippen LogP) is 2.15. The lowest BCUT2D eigenvalue weighted by Crippen LogP contribution is -2.52. The molecule has 2 atom stereocenters. The van der Waals surface area contributed by atoms with Crippen molar-refractivity contribution in [3.63, 3.8) is 0 Å². The number of hydrogen-bond donors (Lipinski definition) is 3. The molecule has 1 rings (SSSR count). The molecule has 0 fully saturated rings. The number of hydrogen-bond acceptors (Lipinski definition) is 7. The van der Waals surface area contributed by atoms with E-state index >= 15 is 0 Å². The van der Waals surface area contributed by atoms with Crippen LogP contribution in [0.1, 0.15) is 63.8 Å². The topological polar surface area (TPSA) is 134 Å². The van der Waals surface area contributed by atoms with Gasteiger partial charge in [-0.15, -0.1) is 0 Å². The number of benzene rings is 1. The van der Waals surface area contributed by atoms with Crippen LogP contribution in [0, 0.1) is 13.8 Å². The second-order valence-electron chi connectivity index (χ2n) is 9.23. The number of alkyl carbamates (subject to hydrolysis) is 1. The van der Waals surface area contributed by atoms with Gasteiger partial charge in [0.25, 0.3) is 0 Å². The van der Waals surface area contributed by atoms with E-state index in [0.29, 0.717) is 5.56 Å². The van der Waals surface area contributed by atoms with Crippen molar-refractivity contribution in [1.29, 1.82) is 0 Å². The maximum absolute atomic E-state index is 13.4. The van der Waals surface area contributed by atoms with E-state index < -0.39 is 48.2 Å². The number of nitrogens with one attached hydrogen (secondary N) is 2. The van der Waals surface area contributed by atoms with Gasteiger partial charge in [-0.3, -0.25) is 14.4 Å². The molecule has 0 spiro atoms. The Bertz CT molecular complexity index is 896. The Kier molecular flexibility index (Phi) is 11.7. The van der Waals surface area contributed by atoms with Gasteiger partial charge in [-0.25, -0.2) is 4.79 Å². The molecule has 0 radical (unpaired) electrons. The van der Waals surface area contributed by atoms with Crippen molar-refractivity contribution < 1.29 is 33.8 Å². The fourth-order valence-corrected chi connectivity index (χ4v) is 3.39. The number of aryl methyl sites for hydroxylation is 2. The van der Waals surface area contributed by atoms with Crippen molar-refractivity contribution in [2.75, 3.05) is 26.3 Å². The normalized spacial score (nSPS) is 12.8. The van der Waals surface area contributed by atoms with Gasteiger partial charge in [-0.05, 0) is 59.6 Å². The van der Waals surface area contributed by atoms with Crippen LogP contribution in [0.4, 0.5) is 4.79 Å². The highest BCUT2D eigenvalue weighted by atomic mass is 16.6. The molecule has 0 heterocycles. The first-order valence-electron chi connectivity index (χ1n) is 11.7. The van der Waals surface area contributed by atoms with Gasteiger partial charge in [-0.1, -0.05) is 23.8 Å². The van der Waals surface area contributed by atoms with Crippen LogP contribution in [0.3, 0.4) is 0 Å². The van der Waals surface area contributed by atoms with Crippen LogP contribution in [0.5, 0.6) is 0 Å². The van der Waals surface area contributed by atoms with Gasteiger partial charge in [0, 0.05) is 13.1 Å². The summed E-state index contributed by atoms with van der Waals surface area (Å²) in [7, 11) is 0. The lowest BCUT2D eigenvalue weighted by Gasteiger charge is -2.34. The van der Waals surface area contributed by atoms with Crippen LogP contribution in [0.2, 0.25) is 0 Å². The minimum Gasteiger partial charge on any atom is -0.466 e. The zero-order valence-electron chi connectivity index (χ0n) is 21.8. The van der Waals surface area contributed by atoms with Crippen LogP contribution in [-0.4, -0.2) is 71.8 Å². The van der Waals surface area contributed by atoms with Crippen LogP contribution in [-0.2, 0) is 23.9 Å². The molecule has 0 aromatic heterocycles. The lowest BCUT2D eigenvalue weighted by atomic mass is 9.96. The van der Waals surface area contributed by atoms with E-state index in [2.05, 4.69) is 10.6 Å². The highest BCUT2D eigenvalue weighted by Gasteiger charge is 2.35. The van der Waals surface area contributed by atoms with E-state index in [0.717, 1.165) is 11.1 Å². The molecule has 35 heavy (non-hydrogen) atoms. The first kappa shape index (κ1) is 29.9. The molecule has 0 saturated carbocycles. The summed E-state index contributed by atoms with van der Waals surface area (Å²) in [6.45, 7) is 11.7. The van der Waals surface area contributed by atoms with Gasteiger partial charge < -0.3 is 30.1 Å². The molecule has 0 bridgehead atoms. The highest BCUT2D eigenvalue weighted by molar-refractivity contribution is 5.92. The number of ether oxygens (including phenoxy) is 2. The van der Waals surface area contributed by atoms with Crippen LogP contribution in [0.25, 0.3) is 0 Å². The van der Waals surface area contributed by atoms with E-state index in [4.69, 9.17) is 9.47 Å². The molecule has 196 valence electrons. The maximum Gasteiger partial charge on any atom is 0.408 e. The molecule has 0 aliphatic rings. The number of esters is 1. The van der Waals surface area contributed by atoms with Crippen LogP contribution >= 0.6 is 0 Å². The number of carbonyl (C=O) groups excluding carboxylic acids is 4. The lowest BCUT2D eigenvalue weighted by molar-refractivity contribution is -0.144. The van der Waals surface area contributed by atoms with Gasteiger partial charge in [0.05, 0.1) is 19.6 Å². The smallest absolute Gasteiger partial charge is 0.408 e. The second-order valence-corrected chi connectivity index (χ2v) is 9.23. The van der Waals surface area contributed by atoms with Gasteiger partial charge >= 0.3 is 12.1 Å². The molecule has 0 aliphatic carbocycles.